The number of amides is 1. The van der Waals surface area contributed by atoms with Crippen LogP contribution in [0.1, 0.15) is 37.4 Å². The summed E-state index contributed by atoms with van der Waals surface area (Å²) in [6.45, 7) is 1.70. The zero-order valence-electron chi connectivity index (χ0n) is 11.7. The van der Waals surface area contributed by atoms with E-state index in [4.69, 9.17) is 5.11 Å². The molecular weight excluding hydrogens is 256 g/mol. The molecule has 1 amide bonds. The molecule has 20 heavy (non-hydrogen) atoms. The quantitative estimate of drug-likeness (QED) is 0.913. The molecule has 0 aromatic carbocycles. The fourth-order valence-corrected chi connectivity index (χ4v) is 2.72. The largest absolute Gasteiger partial charge is 0.465 e. The van der Waals surface area contributed by atoms with Gasteiger partial charge in [0.15, 0.2) is 0 Å². The van der Waals surface area contributed by atoms with Crippen molar-refractivity contribution < 1.29 is 9.90 Å². The Hall–Kier alpha value is -1.85. The van der Waals surface area contributed by atoms with Gasteiger partial charge in [0.25, 0.3) is 0 Å². The van der Waals surface area contributed by atoms with Crippen molar-refractivity contribution in [2.75, 3.05) is 25.0 Å². The van der Waals surface area contributed by atoms with Crippen molar-refractivity contribution in [3.05, 3.63) is 18.1 Å². The van der Waals surface area contributed by atoms with Crippen LogP contribution in [-0.2, 0) is 0 Å². The van der Waals surface area contributed by atoms with E-state index >= 15 is 0 Å². The highest BCUT2D eigenvalue weighted by Gasteiger charge is 2.28. The second-order valence-corrected chi connectivity index (χ2v) is 5.66. The molecule has 1 N–H and O–H groups in total. The molecule has 6 nitrogen and oxygen atoms in total. The molecule has 1 saturated carbocycles. The van der Waals surface area contributed by atoms with Crippen LogP contribution in [0.5, 0.6) is 0 Å². The van der Waals surface area contributed by atoms with E-state index in [0.29, 0.717) is 5.92 Å². The van der Waals surface area contributed by atoms with Crippen molar-refractivity contribution in [2.45, 2.75) is 37.6 Å². The van der Waals surface area contributed by atoms with E-state index in [1.54, 1.807) is 7.05 Å². The van der Waals surface area contributed by atoms with Crippen LogP contribution >= 0.6 is 0 Å². The lowest BCUT2D eigenvalue weighted by Crippen LogP contribution is -2.45. The second kappa shape index (κ2) is 5.26. The molecule has 2 fully saturated rings. The van der Waals surface area contributed by atoms with Crippen LogP contribution in [0.4, 0.5) is 10.6 Å². The van der Waals surface area contributed by atoms with Crippen molar-refractivity contribution >= 4 is 11.9 Å². The third-order valence-corrected chi connectivity index (χ3v) is 4.24. The van der Waals surface area contributed by atoms with Gasteiger partial charge in [0.1, 0.15) is 11.6 Å². The Morgan fingerprint density at radius 1 is 1.35 bits per heavy atom. The minimum Gasteiger partial charge on any atom is -0.465 e. The topological polar surface area (TPSA) is 69.6 Å². The molecular formula is C14H20N4O2. The highest BCUT2D eigenvalue weighted by atomic mass is 16.4. The summed E-state index contributed by atoms with van der Waals surface area (Å²) in [7, 11) is 1.65. The van der Waals surface area contributed by atoms with Crippen LogP contribution in [0.2, 0.25) is 0 Å². The first-order chi connectivity index (χ1) is 9.65. The summed E-state index contributed by atoms with van der Waals surface area (Å²) >= 11 is 0. The van der Waals surface area contributed by atoms with Crippen molar-refractivity contribution in [2.24, 2.45) is 0 Å². The number of aromatic nitrogens is 2. The first-order valence-electron chi connectivity index (χ1n) is 7.19. The van der Waals surface area contributed by atoms with Crippen LogP contribution in [0.25, 0.3) is 0 Å². The van der Waals surface area contributed by atoms with Gasteiger partial charge in [0.05, 0.1) is 0 Å². The predicted molar refractivity (Wildman–Crippen MR) is 75.0 cm³/mol. The zero-order chi connectivity index (χ0) is 14.1. The van der Waals surface area contributed by atoms with Gasteiger partial charge >= 0.3 is 6.09 Å². The van der Waals surface area contributed by atoms with E-state index in [1.165, 1.54) is 17.7 Å². The number of carbonyl (C=O) groups is 1. The highest BCUT2D eigenvalue weighted by Crippen LogP contribution is 2.38. The molecule has 0 bridgehead atoms. The summed E-state index contributed by atoms with van der Waals surface area (Å²) < 4.78 is 0. The Kier molecular flexibility index (Phi) is 3.46. The van der Waals surface area contributed by atoms with Crippen molar-refractivity contribution in [3.8, 4) is 0 Å². The Morgan fingerprint density at radius 2 is 2.05 bits per heavy atom. The molecule has 2 aliphatic rings. The van der Waals surface area contributed by atoms with Gasteiger partial charge in [-0.2, -0.15) is 0 Å². The maximum Gasteiger partial charge on any atom is 0.407 e. The lowest BCUT2D eigenvalue weighted by Gasteiger charge is -2.36. The van der Waals surface area contributed by atoms with Gasteiger partial charge in [-0.1, -0.05) is 0 Å². The normalized spacial score (nSPS) is 19.9. The van der Waals surface area contributed by atoms with E-state index in [0.717, 1.165) is 37.6 Å². The maximum atomic E-state index is 11.0. The van der Waals surface area contributed by atoms with Gasteiger partial charge in [-0.05, 0) is 31.7 Å². The lowest BCUT2D eigenvalue weighted by molar-refractivity contribution is 0.131. The molecule has 1 aromatic rings. The summed E-state index contributed by atoms with van der Waals surface area (Å²) in [4.78, 5) is 23.6. The fourth-order valence-electron chi connectivity index (χ4n) is 2.72. The Morgan fingerprint density at radius 3 is 2.65 bits per heavy atom. The number of anilines is 1. The fraction of sp³-hybridized carbons (Fsp3) is 0.643. The summed E-state index contributed by atoms with van der Waals surface area (Å²) in [5.41, 5.74) is 0. The van der Waals surface area contributed by atoms with Crippen molar-refractivity contribution in [1.29, 1.82) is 0 Å². The minimum atomic E-state index is -0.846. The third-order valence-electron chi connectivity index (χ3n) is 4.24. The Labute approximate surface area is 118 Å². The molecule has 2 heterocycles. The van der Waals surface area contributed by atoms with Gasteiger partial charge in [-0.25, -0.2) is 14.8 Å². The average molecular weight is 276 g/mol. The molecule has 0 atom stereocenters. The van der Waals surface area contributed by atoms with Crippen molar-refractivity contribution in [3.63, 3.8) is 0 Å². The summed E-state index contributed by atoms with van der Waals surface area (Å²) in [5.74, 6) is 2.51. The number of nitrogens with zero attached hydrogens (tertiary/aromatic N) is 4. The van der Waals surface area contributed by atoms with Crippen LogP contribution in [-0.4, -0.2) is 52.2 Å². The predicted octanol–water partition coefficient (Wildman–Crippen LogP) is 1.93. The molecule has 108 valence electrons. The second-order valence-electron chi connectivity index (χ2n) is 5.66. The van der Waals surface area contributed by atoms with Gasteiger partial charge in [-0.3, -0.25) is 0 Å². The molecule has 1 aromatic heterocycles. The average Bonchev–Trinajstić information content (AvgIpc) is 3.31. The number of rotatable bonds is 3. The summed E-state index contributed by atoms with van der Waals surface area (Å²) in [6, 6.07) is 2.07. The van der Waals surface area contributed by atoms with Crippen LogP contribution in [0, 0.1) is 0 Å². The minimum absolute atomic E-state index is 0.119. The summed E-state index contributed by atoms with van der Waals surface area (Å²) in [6.07, 6.45) is 5.11. The van der Waals surface area contributed by atoms with E-state index in [2.05, 4.69) is 14.9 Å². The third kappa shape index (κ3) is 2.69. The smallest absolute Gasteiger partial charge is 0.407 e. The standard InChI is InChI=1S/C14H20N4O2/c1-17(14(19)20)11-5-8-18(9-6-11)12-4-7-15-13(16-12)10-2-3-10/h4,7,10-11H,2-3,5-6,8-9H2,1H3,(H,19,20). The highest BCUT2D eigenvalue weighted by molar-refractivity contribution is 5.65. The maximum absolute atomic E-state index is 11.0. The molecule has 6 heteroatoms. The van der Waals surface area contributed by atoms with E-state index < -0.39 is 6.09 Å². The van der Waals surface area contributed by atoms with Crippen molar-refractivity contribution in [1.82, 2.24) is 14.9 Å². The molecule has 0 radical (unpaired) electrons. The number of piperidine rings is 1. The molecule has 1 saturated heterocycles. The van der Waals surface area contributed by atoms with Gasteiger partial charge in [0, 0.05) is 38.3 Å². The van der Waals surface area contributed by atoms with Crippen LogP contribution in [0.15, 0.2) is 12.3 Å². The zero-order valence-corrected chi connectivity index (χ0v) is 11.7. The van der Waals surface area contributed by atoms with Gasteiger partial charge in [0.2, 0.25) is 0 Å². The van der Waals surface area contributed by atoms with Gasteiger partial charge in [-0.15, -0.1) is 0 Å². The first-order valence-corrected chi connectivity index (χ1v) is 7.19. The van der Waals surface area contributed by atoms with E-state index in [1.807, 2.05) is 12.3 Å². The molecule has 3 rings (SSSR count). The lowest BCUT2D eigenvalue weighted by atomic mass is 10.0. The molecule has 1 aliphatic heterocycles. The number of hydrogen-bond acceptors (Lipinski definition) is 4. The van der Waals surface area contributed by atoms with Crippen LogP contribution in [0.3, 0.4) is 0 Å². The first kappa shape index (κ1) is 13.1. The monoisotopic (exact) mass is 276 g/mol. The van der Waals surface area contributed by atoms with E-state index in [-0.39, 0.29) is 6.04 Å². The van der Waals surface area contributed by atoms with Crippen LogP contribution < -0.4 is 4.90 Å². The number of carboxylic acid groups (broad SMARTS) is 1. The number of hydrogen-bond donors (Lipinski definition) is 1. The Balaban J connectivity index is 1.63. The summed E-state index contributed by atoms with van der Waals surface area (Å²) in [5, 5.41) is 9.01. The molecule has 0 spiro atoms. The molecule has 0 unspecified atom stereocenters. The Bertz CT molecular complexity index is 496. The molecule has 1 aliphatic carbocycles. The SMILES string of the molecule is CN(C(=O)O)C1CCN(c2ccnc(C3CC3)n2)CC1. The van der Waals surface area contributed by atoms with E-state index in [9.17, 15) is 4.79 Å². The van der Waals surface area contributed by atoms with Gasteiger partial charge < -0.3 is 14.9 Å².